The molecule has 6 heteroatoms. The molecule has 5 nitrogen and oxygen atoms in total. The summed E-state index contributed by atoms with van der Waals surface area (Å²) in [4.78, 5) is 15.0. The van der Waals surface area contributed by atoms with Crippen molar-refractivity contribution in [3.8, 4) is 0 Å². The smallest absolute Gasteiger partial charge is 0.325 e. The number of hydrogen-bond acceptors (Lipinski definition) is 3. The third-order valence-electron chi connectivity index (χ3n) is 4.52. The van der Waals surface area contributed by atoms with Crippen LogP contribution in [0.4, 0.5) is 0 Å². The van der Waals surface area contributed by atoms with Crippen molar-refractivity contribution in [3.63, 3.8) is 0 Å². The number of nitrogens with zero attached hydrogens (tertiary/aromatic N) is 2. The first kappa shape index (κ1) is 20.9. The number of rotatable bonds is 4. The number of allylic oxidation sites excluding steroid dienone is 1. The zero-order valence-corrected chi connectivity index (χ0v) is 17.5. The molecular formula is C18H34N3O2S+. The van der Waals surface area contributed by atoms with Gasteiger partial charge in [-0.25, -0.2) is 14.7 Å². The van der Waals surface area contributed by atoms with E-state index in [1.54, 1.807) is 13.8 Å². The molecule has 2 unspecified atom stereocenters. The summed E-state index contributed by atoms with van der Waals surface area (Å²) in [6, 6.07) is 0. The van der Waals surface area contributed by atoms with Gasteiger partial charge in [0.05, 0.1) is 7.05 Å². The van der Waals surface area contributed by atoms with Gasteiger partial charge >= 0.3 is 5.91 Å². The zero-order chi connectivity index (χ0) is 18.9. The van der Waals surface area contributed by atoms with E-state index < -0.39 is 15.5 Å². The van der Waals surface area contributed by atoms with Gasteiger partial charge in [0.15, 0.2) is 6.67 Å². The fourth-order valence-corrected chi connectivity index (χ4v) is 4.30. The molecule has 0 aromatic rings. The van der Waals surface area contributed by atoms with Gasteiger partial charge < -0.3 is 4.90 Å². The van der Waals surface area contributed by atoms with Crippen molar-refractivity contribution in [1.82, 2.24) is 10.2 Å². The molecule has 24 heavy (non-hydrogen) atoms. The number of carbonyl (C=O) groups excluding carboxylic acids is 1. The second-order valence-corrected chi connectivity index (χ2v) is 10.6. The second kappa shape index (κ2) is 7.38. The van der Waals surface area contributed by atoms with Crippen LogP contribution in [0.15, 0.2) is 11.8 Å². The molecule has 0 fully saturated rings. The van der Waals surface area contributed by atoms with Crippen LogP contribution in [-0.2, 0) is 15.6 Å². The third kappa shape index (κ3) is 4.47. The van der Waals surface area contributed by atoms with Gasteiger partial charge in [0.1, 0.15) is 4.75 Å². The molecule has 2 atom stereocenters. The van der Waals surface area contributed by atoms with E-state index in [0.717, 1.165) is 18.0 Å². The summed E-state index contributed by atoms with van der Waals surface area (Å²) in [6.45, 7) is 14.6. The summed E-state index contributed by atoms with van der Waals surface area (Å²) in [6.07, 6.45) is 2.81. The molecule has 1 aliphatic heterocycles. The molecule has 0 aromatic carbocycles. The zero-order valence-electron chi connectivity index (χ0n) is 16.7. The molecule has 1 heterocycles. The highest BCUT2D eigenvalue weighted by Crippen LogP contribution is 2.28. The van der Waals surface area contributed by atoms with Gasteiger partial charge in [-0.2, -0.15) is 0 Å². The van der Waals surface area contributed by atoms with E-state index in [9.17, 15) is 9.00 Å². The van der Waals surface area contributed by atoms with Crippen molar-refractivity contribution < 1.29 is 13.6 Å². The molecule has 0 bridgehead atoms. The molecule has 0 aliphatic carbocycles. The Labute approximate surface area is 149 Å². The summed E-state index contributed by atoms with van der Waals surface area (Å²) >= 11 is 0. The van der Waals surface area contributed by atoms with Crippen LogP contribution in [0, 0.1) is 5.41 Å². The normalized spacial score (nSPS) is 19.0. The van der Waals surface area contributed by atoms with Gasteiger partial charge in [-0.15, -0.1) is 0 Å². The maximum Gasteiger partial charge on any atom is 0.325 e. The highest BCUT2D eigenvalue weighted by Gasteiger charge is 2.41. The van der Waals surface area contributed by atoms with E-state index in [-0.39, 0.29) is 16.6 Å². The average Bonchev–Trinajstić information content (AvgIpc) is 2.46. The van der Waals surface area contributed by atoms with E-state index in [4.69, 9.17) is 0 Å². The Balaban J connectivity index is 3.07. The predicted octanol–water partition coefficient (Wildman–Crippen LogP) is 2.30. The number of carbonyl (C=O) groups is 1. The monoisotopic (exact) mass is 356 g/mol. The number of nitrogens with one attached hydrogen (secondary N) is 1. The van der Waals surface area contributed by atoms with E-state index in [1.165, 1.54) is 0 Å². The largest absolute Gasteiger partial charge is 0.342 e. The average molecular weight is 357 g/mol. The van der Waals surface area contributed by atoms with Crippen LogP contribution in [0.2, 0.25) is 0 Å². The minimum atomic E-state index is -1.23. The van der Waals surface area contributed by atoms with Crippen molar-refractivity contribution in [3.05, 3.63) is 11.8 Å². The fourth-order valence-electron chi connectivity index (χ4n) is 2.75. The first-order valence-corrected chi connectivity index (χ1v) is 9.77. The Morgan fingerprint density at radius 2 is 1.92 bits per heavy atom. The van der Waals surface area contributed by atoms with Crippen LogP contribution in [0.3, 0.4) is 0 Å². The molecule has 0 saturated heterocycles. The molecule has 0 saturated carbocycles. The van der Waals surface area contributed by atoms with Crippen LogP contribution in [0.25, 0.3) is 0 Å². The minimum absolute atomic E-state index is 0.00773. The topological polar surface area (TPSA) is 52.4 Å². The highest BCUT2D eigenvalue weighted by molar-refractivity contribution is 7.87. The Hall–Kier alpha value is -1.17. The summed E-state index contributed by atoms with van der Waals surface area (Å²) in [7, 11) is 2.77. The van der Waals surface area contributed by atoms with Gasteiger partial charge in [0.2, 0.25) is 0 Å². The van der Waals surface area contributed by atoms with Gasteiger partial charge in [0.25, 0.3) is 5.84 Å². The molecule has 0 spiro atoms. The molecule has 1 rings (SSSR count). The Kier molecular flexibility index (Phi) is 6.42. The Morgan fingerprint density at radius 1 is 1.38 bits per heavy atom. The summed E-state index contributed by atoms with van der Waals surface area (Å²) in [5.41, 5.74) is 1.15. The number of amides is 1. The molecule has 0 radical (unpaired) electrons. The first-order valence-electron chi connectivity index (χ1n) is 8.55. The van der Waals surface area contributed by atoms with E-state index in [2.05, 4.69) is 31.0 Å². The molecule has 1 aliphatic rings. The maximum absolute atomic E-state index is 12.8. The lowest BCUT2D eigenvalue weighted by molar-refractivity contribution is -0.520. The van der Waals surface area contributed by atoms with Gasteiger partial charge in [-0.3, -0.25) is 4.21 Å². The number of amidine groups is 1. The van der Waals surface area contributed by atoms with Crippen molar-refractivity contribution in [2.75, 3.05) is 20.8 Å². The van der Waals surface area contributed by atoms with Crippen LogP contribution in [-0.4, -0.2) is 56.2 Å². The van der Waals surface area contributed by atoms with Gasteiger partial charge in [-0.1, -0.05) is 34.6 Å². The highest BCUT2D eigenvalue weighted by atomic mass is 32.2. The number of hydrogen-bond donors (Lipinski definition) is 1. The molecular weight excluding hydrogens is 322 g/mol. The Morgan fingerprint density at radius 3 is 2.38 bits per heavy atom. The van der Waals surface area contributed by atoms with E-state index in [1.807, 2.05) is 38.6 Å². The van der Waals surface area contributed by atoms with Crippen molar-refractivity contribution >= 4 is 22.5 Å². The van der Waals surface area contributed by atoms with Crippen molar-refractivity contribution in [2.45, 2.75) is 64.9 Å². The van der Waals surface area contributed by atoms with Crippen molar-refractivity contribution in [2.24, 2.45) is 5.41 Å². The van der Waals surface area contributed by atoms with Gasteiger partial charge in [-0.05, 0) is 20.3 Å². The minimum Gasteiger partial charge on any atom is -0.342 e. The molecule has 0 aromatic heterocycles. The molecule has 138 valence electrons. The second-order valence-electron chi connectivity index (χ2n) is 8.18. The summed E-state index contributed by atoms with van der Waals surface area (Å²) < 4.78 is 13.7. The molecule has 1 N–H and O–H groups in total. The summed E-state index contributed by atoms with van der Waals surface area (Å²) in [5.74, 6) is 0.564. The van der Waals surface area contributed by atoms with Crippen LogP contribution in [0.1, 0.15) is 54.9 Å². The fraction of sp³-hybridized carbons (Fsp3) is 0.778. The van der Waals surface area contributed by atoms with Crippen LogP contribution >= 0.6 is 0 Å². The lowest BCUT2D eigenvalue weighted by Gasteiger charge is -2.34. The lowest BCUT2D eigenvalue weighted by Crippen LogP contribution is -2.52. The molecule has 1 amide bonds. The maximum atomic E-state index is 12.8. The van der Waals surface area contributed by atoms with Crippen LogP contribution in [0.5, 0.6) is 0 Å². The summed E-state index contributed by atoms with van der Waals surface area (Å²) in [5, 5.41) is 2.99. The van der Waals surface area contributed by atoms with Crippen molar-refractivity contribution in [1.29, 1.82) is 0 Å². The third-order valence-corrected chi connectivity index (χ3v) is 6.78. The van der Waals surface area contributed by atoms with E-state index in [0.29, 0.717) is 6.67 Å². The van der Waals surface area contributed by atoms with Crippen LogP contribution < -0.4 is 5.32 Å². The lowest BCUT2D eigenvalue weighted by atomic mass is 9.90. The predicted molar refractivity (Wildman–Crippen MR) is 101 cm³/mol. The SMILES string of the molecule is CCC(C)S(=O)C(C)(C)C(=O)NC1=[N+](C)CN(C)C(C(C)(C)C)=C1. The van der Waals surface area contributed by atoms with E-state index >= 15 is 0 Å². The Bertz CT molecular complexity index is 586. The quantitative estimate of drug-likeness (QED) is 0.787. The van der Waals surface area contributed by atoms with Gasteiger partial charge in [0, 0.05) is 40.3 Å². The first-order chi connectivity index (χ1) is 10.8. The standard InChI is InChI=1S/C18H33N3O2S/c1-10-13(2)24(23)18(6,7)16(22)19-15-11-14(17(3,4)5)20(8)12-21(15)9/h11,13H,10,12H2,1-9H3/p+1.